The van der Waals surface area contributed by atoms with Crippen molar-refractivity contribution < 1.29 is 13.3 Å². The molecule has 6 heteroatoms. The summed E-state index contributed by atoms with van der Waals surface area (Å²) in [6.07, 6.45) is 9.59. The van der Waals surface area contributed by atoms with E-state index in [0.717, 1.165) is 17.3 Å². The highest BCUT2D eigenvalue weighted by Crippen LogP contribution is 2.18. The number of nitrogens with zero attached hydrogens (tertiary/aromatic N) is 3. The predicted octanol–water partition coefficient (Wildman–Crippen LogP) is 8.11. The lowest BCUT2D eigenvalue weighted by Crippen LogP contribution is -2.10. The van der Waals surface area contributed by atoms with Gasteiger partial charge >= 0.3 is 0 Å². The molecule has 0 aliphatic rings. The van der Waals surface area contributed by atoms with Gasteiger partial charge < -0.3 is 13.3 Å². The largest absolute Gasteiger partial charge is 0.451 e. The summed E-state index contributed by atoms with van der Waals surface area (Å²) in [4.78, 5) is 11.7. The van der Waals surface area contributed by atoms with Crippen LogP contribution < -0.4 is 0 Å². The van der Waals surface area contributed by atoms with Crippen LogP contribution in [0.15, 0.2) is 51.0 Å². The van der Waals surface area contributed by atoms with Crippen LogP contribution >= 0.6 is 0 Å². The van der Waals surface area contributed by atoms with Gasteiger partial charge in [-0.05, 0) is 0 Å². The first kappa shape index (κ1) is 34.2. The Morgan fingerprint density at radius 3 is 1.66 bits per heavy atom. The average molecular weight is 412 g/mol. The first-order chi connectivity index (χ1) is 11.7. The Bertz CT molecular complexity index is 613. The normalized spacial score (nSPS) is 9.41. The van der Waals surface area contributed by atoms with Crippen LogP contribution in [-0.2, 0) is 5.41 Å². The maximum atomic E-state index is 4.98. The Morgan fingerprint density at radius 2 is 1.45 bits per heavy atom. The van der Waals surface area contributed by atoms with Crippen LogP contribution in [0.1, 0.15) is 107 Å². The van der Waals surface area contributed by atoms with Crippen molar-refractivity contribution in [2.75, 3.05) is 0 Å². The van der Waals surface area contributed by atoms with E-state index in [4.69, 9.17) is 13.3 Å². The van der Waals surface area contributed by atoms with Gasteiger partial charge in [0.2, 0.25) is 0 Å². The Hall–Kier alpha value is -2.37. The Kier molecular flexibility index (Phi) is 19.5. The highest BCUT2D eigenvalue weighted by Gasteiger charge is 2.15. The molecule has 0 aliphatic carbocycles. The topological polar surface area (TPSA) is 78.1 Å². The Morgan fingerprint density at radius 1 is 0.828 bits per heavy atom. The third kappa shape index (κ3) is 13.4. The molecule has 3 heterocycles. The molecule has 170 valence electrons. The van der Waals surface area contributed by atoms with Crippen LogP contribution in [0.4, 0.5) is 0 Å². The van der Waals surface area contributed by atoms with Gasteiger partial charge in [0.25, 0.3) is 0 Å². The van der Waals surface area contributed by atoms with E-state index in [1.165, 1.54) is 12.8 Å². The number of rotatable bonds is 2. The SMILES string of the molecule is C.C.C.C.CC(C)(C)c1cocn1.CC(C)c1cnco1.CC(C)c1ncco1. The average Bonchev–Trinajstić information content (AvgIpc) is 3.28. The molecule has 0 aromatic carbocycles. The van der Waals surface area contributed by atoms with Gasteiger partial charge in [0.15, 0.2) is 18.7 Å². The molecule has 0 saturated carbocycles. The van der Waals surface area contributed by atoms with Crippen molar-refractivity contribution in [2.45, 2.75) is 95.4 Å². The molecule has 29 heavy (non-hydrogen) atoms. The van der Waals surface area contributed by atoms with E-state index in [0.29, 0.717) is 11.8 Å². The zero-order valence-electron chi connectivity index (χ0n) is 16.2. The van der Waals surface area contributed by atoms with E-state index in [1.54, 1.807) is 24.9 Å². The summed E-state index contributed by atoms with van der Waals surface area (Å²) in [5, 5.41) is 0. The zero-order valence-corrected chi connectivity index (χ0v) is 16.2. The molecule has 3 aromatic rings. The highest BCUT2D eigenvalue weighted by molar-refractivity contribution is 5.05. The summed E-state index contributed by atoms with van der Waals surface area (Å²) < 4.78 is 14.8. The van der Waals surface area contributed by atoms with Gasteiger partial charge in [-0.15, -0.1) is 0 Å². The summed E-state index contributed by atoms with van der Waals surface area (Å²) in [6, 6.07) is 0. The molecule has 3 aromatic heterocycles. The van der Waals surface area contributed by atoms with E-state index in [-0.39, 0.29) is 35.1 Å². The van der Waals surface area contributed by atoms with E-state index < -0.39 is 0 Å². The first-order valence-electron chi connectivity index (χ1n) is 8.38. The van der Waals surface area contributed by atoms with Crippen LogP contribution in [0, 0.1) is 0 Å². The van der Waals surface area contributed by atoms with Crippen LogP contribution in [0.5, 0.6) is 0 Å². The van der Waals surface area contributed by atoms with Crippen molar-refractivity contribution in [1.82, 2.24) is 15.0 Å². The maximum Gasteiger partial charge on any atom is 0.196 e. The molecule has 0 unspecified atom stereocenters. The molecule has 6 nitrogen and oxygen atoms in total. The zero-order chi connectivity index (χ0) is 18.9. The summed E-state index contributed by atoms with van der Waals surface area (Å²) in [6.45, 7) is 14.5. The van der Waals surface area contributed by atoms with E-state index in [1.807, 2.05) is 13.8 Å². The quantitative estimate of drug-likeness (QED) is 0.423. The monoisotopic (exact) mass is 411 g/mol. The van der Waals surface area contributed by atoms with Gasteiger partial charge in [-0.25, -0.2) is 15.0 Å². The van der Waals surface area contributed by atoms with Gasteiger partial charge in [0.05, 0.1) is 18.1 Å². The highest BCUT2D eigenvalue weighted by atomic mass is 16.3. The number of aromatic nitrogens is 3. The fraction of sp³-hybridized carbons (Fsp3) is 0.609. The molecule has 0 atom stereocenters. The van der Waals surface area contributed by atoms with Crippen molar-refractivity contribution in [2.24, 2.45) is 0 Å². The Labute approximate surface area is 179 Å². The van der Waals surface area contributed by atoms with Gasteiger partial charge in [-0.3, -0.25) is 0 Å². The molecular formula is C23H45N3O3. The second-order valence-corrected chi connectivity index (χ2v) is 7.21. The van der Waals surface area contributed by atoms with Crippen LogP contribution in [0.25, 0.3) is 0 Å². The maximum absolute atomic E-state index is 4.98. The fourth-order valence-electron chi connectivity index (χ4n) is 1.61. The lowest BCUT2D eigenvalue weighted by Gasteiger charge is -2.12. The summed E-state index contributed by atoms with van der Waals surface area (Å²) in [5.74, 6) is 2.62. The minimum Gasteiger partial charge on any atom is -0.451 e. The molecule has 0 amide bonds. The number of hydrogen-bond acceptors (Lipinski definition) is 6. The van der Waals surface area contributed by atoms with Crippen molar-refractivity contribution in [1.29, 1.82) is 0 Å². The molecule has 0 bridgehead atoms. The van der Waals surface area contributed by atoms with E-state index >= 15 is 0 Å². The molecule has 0 spiro atoms. The molecule has 0 aliphatic heterocycles. The summed E-state index contributed by atoms with van der Waals surface area (Å²) >= 11 is 0. The van der Waals surface area contributed by atoms with Crippen molar-refractivity contribution in [3.8, 4) is 0 Å². The first-order valence-corrected chi connectivity index (χ1v) is 8.38. The lowest BCUT2D eigenvalue weighted by atomic mass is 9.93. The molecule has 3 rings (SSSR count). The number of oxazole rings is 3. The second kappa shape index (κ2) is 16.6. The van der Waals surface area contributed by atoms with Crippen molar-refractivity contribution in [3.05, 3.63) is 55.1 Å². The smallest absolute Gasteiger partial charge is 0.196 e. The van der Waals surface area contributed by atoms with Crippen LogP contribution in [0.3, 0.4) is 0 Å². The van der Waals surface area contributed by atoms with Crippen LogP contribution in [0.2, 0.25) is 0 Å². The van der Waals surface area contributed by atoms with Crippen molar-refractivity contribution >= 4 is 0 Å². The molecule has 0 radical (unpaired) electrons. The fourth-order valence-corrected chi connectivity index (χ4v) is 1.61. The number of hydrogen-bond donors (Lipinski definition) is 0. The minimum absolute atomic E-state index is 0. The molecular weight excluding hydrogens is 366 g/mol. The van der Waals surface area contributed by atoms with Gasteiger partial charge in [-0.1, -0.05) is 78.2 Å². The standard InChI is InChI=1S/C7H11NO.2C6H9NO.4CH4/c1-7(2,3)6-4-9-5-8-6;1-5(2)6-3-7-4-8-6;1-5(2)6-7-3-4-8-6;;;;/h4-5H,1-3H3;2*3-5H,1-2H3;4*1H4. The summed E-state index contributed by atoms with van der Waals surface area (Å²) in [5.41, 5.74) is 1.12. The molecule has 0 saturated heterocycles. The lowest BCUT2D eigenvalue weighted by molar-refractivity contribution is 0.471. The van der Waals surface area contributed by atoms with Crippen molar-refractivity contribution in [3.63, 3.8) is 0 Å². The van der Waals surface area contributed by atoms with Crippen LogP contribution in [-0.4, -0.2) is 15.0 Å². The predicted molar refractivity (Wildman–Crippen MR) is 123 cm³/mol. The minimum atomic E-state index is 0. The molecule has 0 N–H and O–H groups in total. The van der Waals surface area contributed by atoms with Gasteiger partial charge in [0.1, 0.15) is 18.3 Å². The van der Waals surface area contributed by atoms with Gasteiger partial charge in [-0.2, -0.15) is 0 Å². The third-order valence-corrected chi connectivity index (χ3v) is 3.17. The molecule has 0 fully saturated rings. The summed E-state index contributed by atoms with van der Waals surface area (Å²) in [7, 11) is 0. The second-order valence-electron chi connectivity index (χ2n) is 7.21. The van der Waals surface area contributed by atoms with E-state index in [9.17, 15) is 0 Å². The third-order valence-electron chi connectivity index (χ3n) is 3.17. The Balaban J connectivity index is -0.000000151. The van der Waals surface area contributed by atoms with Gasteiger partial charge in [0, 0.05) is 17.3 Å². The van der Waals surface area contributed by atoms with E-state index in [2.05, 4.69) is 49.6 Å².